The van der Waals surface area contributed by atoms with Crippen LogP contribution in [0.1, 0.15) is 23.5 Å². The second-order valence-corrected chi connectivity index (χ2v) is 7.03. The van der Waals surface area contributed by atoms with Gasteiger partial charge in [-0.25, -0.2) is 4.39 Å². The maximum absolute atomic E-state index is 14.6. The lowest BCUT2D eigenvalue weighted by molar-refractivity contribution is 0.405. The molecule has 0 aromatic heterocycles. The van der Waals surface area contributed by atoms with E-state index in [9.17, 15) is 4.39 Å². The molecule has 3 nitrogen and oxygen atoms in total. The highest BCUT2D eigenvalue weighted by molar-refractivity contribution is 5.78. The van der Waals surface area contributed by atoms with Gasteiger partial charge in [0.15, 0.2) is 0 Å². The van der Waals surface area contributed by atoms with E-state index in [0.717, 1.165) is 31.6 Å². The van der Waals surface area contributed by atoms with Gasteiger partial charge in [-0.15, -0.1) is 0 Å². The van der Waals surface area contributed by atoms with Gasteiger partial charge in [0.2, 0.25) is 0 Å². The average molecular weight is 324 g/mol. The van der Waals surface area contributed by atoms with Crippen molar-refractivity contribution in [3.8, 4) is 16.9 Å². The van der Waals surface area contributed by atoms with E-state index in [-0.39, 0.29) is 5.82 Å². The van der Waals surface area contributed by atoms with Crippen molar-refractivity contribution in [2.75, 3.05) is 31.6 Å². The van der Waals surface area contributed by atoms with Crippen molar-refractivity contribution in [3.05, 3.63) is 47.3 Å². The van der Waals surface area contributed by atoms with E-state index in [0.29, 0.717) is 23.3 Å². The first kappa shape index (κ1) is 14.3. The van der Waals surface area contributed by atoms with Crippen LogP contribution in [0.15, 0.2) is 30.3 Å². The first-order valence-electron chi connectivity index (χ1n) is 8.74. The number of hydrogen-bond acceptors (Lipinski definition) is 3. The predicted molar refractivity (Wildman–Crippen MR) is 93.5 cm³/mol. The summed E-state index contributed by atoms with van der Waals surface area (Å²) in [6.45, 7) is 3.24. The summed E-state index contributed by atoms with van der Waals surface area (Å²) in [5.74, 6) is 0.881. The summed E-state index contributed by atoms with van der Waals surface area (Å²) in [5, 5.41) is 3.53. The second-order valence-electron chi connectivity index (χ2n) is 7.03. The minimum absolute atomic E-state index is 0.215. The first-order valence-corrected chi connectivity index (χ1v) is 8.74. The molecule has 2 aromatic rings. The molecule has 0 bridgehead atoms. The van der Waals surface area contributed by atoms with Gasteiger partial charge in [0.1, 0.15) is 11.6 Å². The number of rotatable bonds is 2. The molecule has 0 unspecified atom stereocenters. The molecular formula is C20H21FN2O. The normalized spacial score (nSPS) is 24.0. The van der Waals surface area contributed by atoms with Crippen LogP contribution in [0.3, 0.4) is 0 Å². The zero-order chi connectivity index (χ0) is 16.3. The van der Waals surface area contributed by atoms with Crippen LogP contribution in [0.2, 0.25) is 0 Å². The summed E-state index contributed by atoms with van der Waals surface area (Å²) >= 11 is 0. The van der Waals surface area contributed by atoms with Gasteiger partial charge in [-0.2, -0.15) is 0 Å². The minimum atomic E-state index is -0.215. The Bertz CT molecular complexity index is 820. The van der Waals surface area contributed by atoms with Crippen molar-refractivity contribution in [1.82, 2.24) is 5.32 Å². The molecular weight excluding hydrogens is 303 g/mol. The molecule has 124 valence electrons. The molecule has 0 saturated carbocycles. The van der Waals surface area contributed by atoms with Crippen molar-refractivity contribution in [2.45, 2.75) is 24.8 Å². The molecule has 0 amide bonds. The number of hydrogen-bond donors (Lipinski definition) is 1. The monoisotopic (exact) mass is 324 g/mol. The highest BCUT2D eigenvalue weighted by Gasteiger charge is 2.43. The van der Waals surface area contributed by atoms with Gasteiger partial charge in [0.25, 0.3) is 0 Å². The van der Waals surface area contributed by atoms with Crippen LogP contribution in [0.5, 0.6) is 5.75 Å². The Morgan fingerprint density at radius 2 is 2.17 bits per heavy atom. The Morgan fingerprint density at radius 3 is 3.00 bits per heavy atom. The predicted octanol–water partition coefficient (Wildman–Crippen LogP) is 3.32. The Morgan fingerprint density at radius 1 is 1.25 bits per heavy atom. The third-order valence-corrected chi connectivity index (χ3v) is 5.86. The standard InChI is InChI=1S/C20H21FN2O/c1-24-14-2-3-15(18(21)10-14)13-8-12-5-7-23-19-4-6-22-11-17(19)16(9-13)20(12)23/h2-3,8-10,17,19,22H,4-7,11H2,1H3/t17-,19-/m0/s1. The number of fused-ring (bicyclic) bond motifs is 3. The van der Waals surface area contributed by atoms with Crippen molar-refractivity contribution in [1.29, 1.82) is 0 Å². The Hall–Kier alpha value is -2.07. The fraction of sp³-hybridized carbons (Fsp3) is 0.400. The SMILES string of the molecule is COc1ccc(-c2cc3c4c(c2)[C@@H]2CNCC[C@@H]2N4CC3)c(F)c1. The van der Waals surface area contributed by atoms with Gasteiger partial charge in [-0.1, -0.05) is 0 Å². The topological polar surface area (TPSA) is 24.5 Å². The number of halogens is 1. The molecule has 0 aliphatic carbocycles. The van der Waals surface area contributed by atoms with Crippen molar-refractivity contribution >= 4 is 5.69 Å². The van der Waals surface area contributed by atoms with Crippen LogP contribution >= 0.6 is 0 Å². The van der Waals surface area contributed by atoms with Gasteiger partial charge < -0.3 is 15.0 Å². The molecule has 24 heavy (non-hydrogen) atoms. The van der Waals surface area contributed by atoms with E-state index in [1.54, 1.807) is 7.11 Å². The number of methoxy groups -OCH3 is 1. The molecule has 2 atom stereocenters. The fourth-order valence-corrected chi connectivity index (χ4v) is 4.77. The van der Waals surface area contributed by atoms with Crippen molar-refractivity contribution in [2.24, 2.45) is 0 Å². The first-order chi connectivity index (χ1) is 11.8. The van der Waals surface area contributed by atoms with E-state index in [1.165, 1.54) is 29.3 Å². The summed E-state index contributed by atoms with van der Waals surface area (Å²) in [6.07, 6.45) is 2.27. The Kier molecular flexibility index (Phi) is 3.10. The molecule has 1 saturated heterocycles. The molecule has 4 heteroatoms. The lowest BCUT2D eigenvalue weighted by Crippen LogP contribution is -2.43. The number of nitrogens with zero attached hydrogens (tertiary/aromatic N) is 1. The molecule has 3 aliphatic heterocycles. The molecule has 1 fully saturated rings. The van der Waals surface area contributed by atoms with Crippen LogP contribution in [0.25, 0.3) is 11.1 Å². The summed E-state index contributed by atoms with van der Waals surface area (Å²) < 4.78 is 19.7. The minimum Gasteiger partial charge on any atom is -0.497 e. The third kappa shape index (κ3) is 1.92. The van der Waals surface area contributed by atoms with Gasteiger partial charge in [-0.3, -0.25) is 0 Å². The van der Waals surface area contributed by atoms with Crippen LogP contribution in [-0.4, -0.2) is 32.8 Å². The van der Waals surface area contributed by atoms with Gasteiger partial charge in [0.05, 0.1) is 7.11 Å². The number of benzene rings is 2. The smallest absolute Gasteiger partial charge is 0.134 e. The molecule has 2 aromatic carbocycles. The highest BCUT2D eigenvalue weighted by Crippen LogP contribution is 2.50. The quantitative estimate of drug-likeness (QED) is 0.917. The van der Waals surface area contributed by atoms with Gasteiger partial charge >= 0.3 is 0 Å². The van der Waals surface area contributed by atoms with Crippen LogP contribution in [0, 0.1) is 5.82 Å². The van der Waals surface area contributed by atoms with Gasteiger partial charge in [-0.05, 0) is 60.3 Å². The van der Waals surface area contributed by atoms with Crippen molar-refractivity contribution in [3.63, 3.8) is 0 Å². The lowest BCUT2D eigenvalue weighted by Gasteiger charge is -2.32. The Labute approximate surface area is 141 Å². The molecule has 3 heterocycles. The number of ether oxygens (including phenoxy) is 1. The molecule has 3 aliphatic rings. The summed E-state index contributed by atoms with van der Waals surface area (Å²) in [4.78, 5) is 2.60. The molecule has 5 rings (SSSR count). The summed E-state index contributed by atoms with van der Waals surface area (Å²) in [6, 6.07) is 10.2. The van der Waals surface area contributed by atoms with E-state index >= 15 is 0 Å². The zero-order valence-corrected chi connectivity index (χ0v) is 13.8. The van der Waals surface area contributed by atoms with E-state index in [2.05, 4.69) is 22.3 Å². The van der Waals surface area contributed by atoms with Gasteiger partial charge in [0, 0.05) is 42.4 Å². The van der Waals surface area contributed by atoms with Crippen LogP contribution in [-0.2, 0) is 6.42 Å². The third-order valence-electron chi connectivity index (χ3n) is 5.86. The van der Waals surface area contributed by atoms with E-state index in [4.69, 9.17) is 4.74 Å². The highest BCUT2D eigenvalue weighted by atomic mass is 19.1. The summed E-state index contributed by atoms with van der Waals surface area (Å²) in [5.41, 5.74) is 5.89. The molecule has 0 spiro atoms. The van der Waals surface area contributed by atoms with E-state index in [1.807, 2.05) is 12.1 Å². The van der Waals surface area contributed by atoms with E-state index < -0.39 is 0 Å². The second kappa shape index (κ2) is 5.21. The fourth-order valence-electron chi connectivity index (χ4n) is 4.77. The largest absolute Gasteiger partial charge is 0.497 e. The lowest BCUT2D eigenvalue weighted by atomic mass is 9.87. The Balaban J connectivity index is 1.64. The van der Waals surface area contributed by atoms with Crippen LogP contribution < -0.4 is 15.0 Å². The maximum Gasteiger partial charge on any atom is 0.134 e. The summed E-state index contributed by atoms with van der Waals surface area (Å²) in [7, 11) is 1.56. The number of piperidine rings is 1. The van der Waals surface area contributed by atoms with Crippen molar-refractivity contribution < 1.29 is 9.13 Å². The molecule has 1 N–H and O–H groups in total. The maximum atomic E-state index is 14.6. The number of nitrogens with one attached hydrogen (secondary N) is 1. The number of anilines is 1. The average Bonchev–Trinajstić information content (AvgIpc) is 3.18. The van der Waals surface area contributed by atoms with Crippen LogP contribution in [0.4, 0.5) is 10.1 Å². The molecule has 0 radical (unpaired) electrons. The zero-order valence-electron chi connectivity index (χ0n) is 13.8.